The number of phenolic OH excluding ortho intramolecular Hbond substituents is 1. The fraction of sp³-hybridized carbons (Fsp3) is 0.394. The van der Waals surface area contributed by atoms with Crippen LogP contribution in [0.3, 0.4) is 0 Å². The molecule has 3 aliphatic carbocycles. The van der Waals surface area contributed by atoms with Crippen LogP contribution < -0.4 is 80.2 Å². The van der Waals surface area contributed by atoms with Crippen LogP contribution in [0.5, 0.6) is 11.5 Å². The first-order chi connectivity index (χ1) is 70.8. The van der Waals surface area contributed by atoms with E-state index in [0.29, 0.717) is 22.9 Å². The Hall–Kier alpha value is -15.6. The molecule has 10 amide bonds. The summed E-state index contributed by atoms with van der Waals surface area (Å²) in [7, 11) is 4.63. The number of benzene rings is 5. The number of nitrogens with zero attached hydrogens (tertiary/aromatic N) is 3. The minimum Gasteiger partial charge on any atom is -0.507 e. The van der Waals surface area contributed by atoms with Crippen LogP contribution in [-0.4, -0.2) is 324 Å². The molecule has 52 nitrogen and oxygen atoms in total. The zero-order valence-corrected chi connectivity index (χ0v) is 81.9. The lowest BCUT2D eigenvalue weighted by atomic mass is 9.71. The van der Waals surface area contributed by atoms with E-state index in [2.05, 4.69) is 109 Å². The third kappa shape index (κ3) is 30.3. The van der Waals surface area contributed by atoms with Crippen LogP contribution in [0.4, 0.5) is 16.4 Å². The number of hydrogen-bond acceptors (Lipinski definition) is 38. The number of aliphatic carboxylic acids is 6. The van der Waals surface area contributed by atoms with Gasteiger partial charge in [0.2, 0.25) is 59.0 Å². The van der Waals surface area contributed by atoms with Crippen LogP contribution >= 0.6 is 33.3 Å². The van der Waals surface area contributed by atoms with Crippen LogP contribution in [0.2, 0.25) is 0 Å². The zero-order chi connectivity index (χ0) is 109. The molecule has 0 bridgehead atoms. The number of carboxylic acids is 6. The number of amides is 10. The summed E-state index contributed by atoms with van der Waals surface area (Å²) >= 11 is 1.54. The molecule has 1 saturated heterocycles. The molecule has 4 aliphatic rings. The van der Waals surface area contributed by atoms with Gasteiger partial charge in [-0.1, -0.05) is 88.3 Å². The topological polar surface area (TPSA) is 840 Å². The number of phenols is 1. The maximum atomic E-state index is 13.9. The minimum absolute atomic E-state index is 0.00506. The molecule has 796 valence electrons. The second-order valence-electron chi connectivity index (χ2n) is 34.0. The van der Waals surface area contributed by atoms with Crippen molar-refractivity contribution in [3.63, 3.8) is 0 Å². The van der Waals surface area contributed by atoms with Gasteiger partial charge in [0.15, 0.2) is 34.6 Å². The Balaban J connectivity index is 0.000000328. The van der Waals surface area contributed by atoms with Gasteiger partial charge in [0.05, 0.1) is 86.6 Å². The molecule has 0 spiro atoms. The largest absolute Gasteiger partial charge is 0.507 e. The summed E-state index contributed by atoms with van der Waals surface area (Å²) in [5.74, 6) is -21.1. The lowest BCUT2D eigenvalue weighted by Gasteiger charge is -2.44. The van der Waals surface area contributed by atoms with Crippen LogP contribution in [0.15, 0.2) is 121 Å². The SMILES string of the molecule is C=CC[C@H](NC(=O)[C@H](CC(=O)O)NC(=O)CC[C@H](NC(=O)c1ccc(NCc2cnc3nc(N)[nH]c(=O)c3n2)cc1)C(=O)O)C(=O)N[C@@H](CC(=O)O)C(=O)N[C@@H](CC(=O)O)C(=O)N[C@@H](CNC(=O)CCSCC1c2ccccc2-c2ccccc21)C(=O)NC.COc1cccc2c1C(=O)c1c(cc3c(c1O)[C@@H](OC1CC(NC(=O)OCCSSC[C@H](NC(=O)[C@@H](N)CC(=O)O)C(=O)O)C(O)C(C)O1)C[C@](O)(C(=O)CO)C3O)C2=O. The van der Waals surface area contributed by atoms with E-state index >= 15 is 0 Å². The number of carbonyl (C=O) groups excluding carboxylic acids is 13. The van der Waals surface area contributed by atoms with Crippen LogP contribution in [0, 0.1) is 0 Å². The molecular weight excluding hydrogens is 2020 g/mol. The number of H-pyrrole nitrogens is 1. The highest BCUT2D eigenvalue weighted by molar-refractivity contribution is 8.76. The van der Waals surface area contributed by atoms with E-state index < -0.39 is 284 Å². The number of rotatable bonds is 51. The number of carbonyl (C=O) groups is 19. The molecule has 15 atom stereocenters. The first kappa shape index (κ1) is 115. The molecule has 5 aromatic carbocycles. The molecule has 149 heavy (non-hydrogen) atoms. The van der Waals surface area contributed by atoms with E-state index in [1.807, 2.05) is 24.3 Å². The van der Waals surface area contributed by atoms with Gasteiger partial charge in [-0.2, -0.15) is 16.7 Å². The zero-order valence-electron chi connectivity index (χ0n) is 79.4. The first-order valence-corrected chi connectivity index (χ1v) is 49.2. The number of aromatic amines is 1. The maximum Gasteiger partial charge on any atom is 0.407 e. The fourth-order valence-corrected chi connectivity index (χ4v) is 19.3. The summed E-state index contributed by atoms with van der Waals surface area (Å²) in [6, 6.07) is 12.3. The van der Waals surface area contributed by atoms with E-state index in [-0.39, 0.29) is 99.7 Å². The predicted molar refractivity (Wildman–Crippen MR) is 525 cm³/mol. The van der Waals surface area contributed by atoms with Crippen molar-refractivity contribution >= 4 is 169 Å². The van der Waals surface area contributed by atoms with Gasteiger partial charge in [-0.05, 0) is 84.0 Å². The first-order valence-electron chi connectivity index (χ1n) is 45.6. The van der Waals surface area contributed by atoms with Gasteiger partial charge < -0.3 is 145 Å². The third-order valence-corrected chi connectivity index (χ3v) is 27.1. The summed E-state index contributed by atoms with van der Waals surface area (Å²) in [6.45, 7) is 3.16. The molecule has 7 aromatic rings. The number of carboxylic acid groups (broad SMARTS) is 6. The van der Waals surface area contributed by atoms with Gasteiger partial charge in [-0.15, -0.1) is 6.58 Å². The molecule has 0 saturated carbocycles. The highest BCUT2D eigenvalue weighted by Gasteiger charge is 2.54. The smallest absolute Gasteiger partial charge is 0.407 e. The third-order valence-electron chi connectivity index (χ3n) is 23.7. The molecule has 11 rings (SSSR count). The number of aliphatic hydroxyl groups is 4. The minimum atomic E-state index is -2.72. The summed E-state index contributed by atoms with van der Waals surface area (Å²) < 4.78 is 22.5. The Morgan fingerprint density at radius 2 is 1.23 bits per heavy atom. The number of alkyl carbamates (subject to hydrolysis) is 1. The number of nitrogens with one attached hydrogen (secondary N) is 12. The standard InChI is InChI=1S/C57H64N14O17S.C37H43N3O18S2/c1-3-8-36(65-52(83)38(21-44(74)75)64-43(73)18-17-37(56(87)88)66-49(80)28-13-15-29(16-14-28)60-24-30-25-62-48-47(63-30)55(86)71-57(58)70-48)51(82)67-39(22-45(76)77)53(84)68-40(23-46(78)79)54(85)69-41(50(81)59-2)26-61-42(72)19-20-89-27-35-33-11-6-4-9-31(33)32-10-5-7-12-34(32)35;1-14-29(45)19(40-36(53)56-6-7-59-60-13-20(35(51)52)39-34(50)18(38)9-24(43)44)10-25(57-14)58-22-11-37(54,23(42)12-41)33(49)17-8-16-28(32(48)27(17)22)31(47)26-15(30(16)46)4-3-5-21(26)55-2/h3-7,9-16,25,35-41,60H,1,8,17-24,26-27H2,2H3,(H,59,81)(H,61,72)(H,64,73)(H,65,83)(H,66,80)(H,67,82)(H,68,84)(H,69,85)(H,74,75)(H,76,77)(H,78,79)(H,87,88)(H3,58,62,70,71,86);3-5,8,14,18-20,22,25,29,33,41,45,48-49,54H,6-7,9-13,38H2,1-2H3,(H,39,50)(H,40,53)(H,43,44)(H,51,52)/t36-,37-,38-,39-,40-,41-;14?,18-,19?,20-,22-,25?,29?,33?,37-/m00/s1. The fourth-order valence-electron chi connectivity index (χ4n) is 16.2. The van der Waals surface area contributed by atoms with Crippen molar-refractivity contribution in [3.05, 3.63) is 182 Å². The van der Waals surface area contributed by atoms with Crippen LogP contribution in [0.25, 0.3) is 22.3 Å². The van der Waals surface area contributed by atoms with Gasteiger partial charge in [0, 0.05) is 96.1 Å². The normalized spacial score (nSPS) is 18.3. The van der Waals surface area contributed by atoms with Crippen molar-refractivity contribution < 1.29 is 166 Å². The number of hydrogen-bond donors (Lipinski definition) is 25. The lowest BCUT2D eigenvalue weighted by Crippen LogP contribution is -2.60. The highest BCUT2D eigenvalue weighted by Crippen LogP contribution is 2.53. The van der Waals surface area contributed by atoms with E-state index in [9.17, 15) is 147 Å². The number of ether oxygens (including phenoxy) is 4. The van der Waals surface area contributed by atoms with Gasteiger partial charge in [0.25, 0.3) is 11.5 Å². The average molecular weight is 2130 g/mol. The number of fused-ring (bicyclic) bond motifs is 7. The Kier molecular flexibility index (Phi) is 41.1. The number of aromatic hydroxyl groups is 1. The van der Waals surface area contributed by atoms with Crippen LogP contribution in [0.1, 0.15) is 159 Å². The Labute approximate surface area is 856 Å². The van der Waals surface area contributed by atoms with Gasteiger partial charge >= 0.3 is 41.9 Å². The molecule has 1 aliphatic heterocycles. The Morgan fingerprint density at radius 1 is 0.644 bits per heavy atom. The number of methoxy groups -OCH3 is 1. The molecule has 55 heteroatoms. The second kappa shape index (κ2) is 53.1. The molecule has 27 N–H and O–H groups in total. The number of thioether (sulfide) groups is 1. The number of Topliss-reactive ketones (excluding diaryl/α,β-unsaturated/α-hetero) is 1. The summed E-state index contributed by atoms with van der Waals surface area (Å²) in [6.07, 6.45) is -12.7. The molecule has 0 radical (unpaired) electrons. The summed E-state index contributed by atoms with van der Waals surface area (Å²) in [5, 5.41) is 138. The number of ketones is 3. The van der Waals surface area contributed by atoms with Gasteiger partial charge in [0.1, 0.15) is 79.2 Å². The van der Waals surface area contributed by atoms with E-state index in [0.717, 1.165) is 44.9 Å². The van der Waals surface area contributed by atoms with Crippen molar-refractivity contribution in [1.82, 2.24) is 73.1 Å². The molecular formula is C94H107N17O35S3. The number of aliphatic hydroxyl groups excluding tert-OH is 3. The second-order valence-corrected chi connectivity index (χ2v) is 37.8. The maximum absolute atomic E-state index is 13.9. The van der Waals surface area contributed by atoms with Crippen molar-refractivity contribution in [2.75, 3.05) is 68.0 Å². The number of likely N-dealkylation sites (N-methyl/N-ethyl adjacent to an activating group) is 1. The number of nitrogen functional groups attached to an aromatic ring is 1. The monoisotopic (exact) mass is 2130 g/mol. The van der Waals surface area contributed by atoms with E-state index in [4.69, 9.17) is 35.5 Å². The molecule has 3 heterocycles. The van der Waals surface area contributed by atoms with Crippen molar-refractivity contribution in [2.45, 2.75) is 174 Å². The van der Waals surface area contributed by atoms with Gasteiger partial charge in [-0.25, -0.2) is 24.4 Å². The lowest BCUT2D eigenvalue weighted by molar-refractivity contribution is -0.253. The van der Waals surface area contributed by atoms with Gasteiger partial charge in [-0.3, -0.25) is 86.5 Å². The van der Waals surface area contributed by atoms with Crippen LogP contribution in [-0.2, 0) is 92.7 Å². The molecule has 1 fully saturated rings. The summed E-state index contributed by atoms with van der Waals surface area (Å²) in [5.41, 5.74) is 11.6. The van der Waals surface area contributed by atoms with E-state index in [1.165, 1.54) is 80.9 Å². The number of anilines is 2. The molecule has 5 unspecified atom stereocenters. The Bertz CT molecular complexity index is 6310. The molecule has 2 aromatic heterocycles. The van der Waals surface area contributed by atoms with Crippen molar-refractivity contribution in [3.8, 4) is 22.6 Å². The summed E-state index contributed by atoms with van der Waals surface area (Å²) in [4.78, 5) is 269. The quantitative estimate of drug-likeness (QED) is 0.0116. The Morgan fingerprint density at radius 3 is 1.82 bits per heavy atom. The highest BCUT2D eigenvalue weighted by atomic mass is 33.1. The predicted octanol–water partition coefficient (Wildman–Crippen LogP) is -1.60. The van der Waals surface area contributed by atoms with E-state index in [1.54, 1.807) is 11.8 Å². The van der Waals surface area contributed by atoms with Crippen molar-refractivity contribution in [2.24, 2.45) is 5.73 Å². The average Bonchev–Trinajstić information content (AvgIpc) is 1.64. The van der Waals surface area contributed by atoms with Crippen molar-refractivity contribution in [1.29, 1.82) is 0 Å². The number of aromatic nitrogens is 4. The number of nitrogens with two attached hydrogens (primary N) is 2.